The highest BCUT2D eigenvalue weighted by Gasteiger charge is 2.12. The van der Waals surface area contributed by atoms with Gasteiger partial charge in [0.15, 0.2) is 5.82 Å². The molecule has 6 nitrogen and oxygen atoms in total. The molecule has 2 N–H and O–H groups in total. The number of anilines is 3. The summed E-state index contributed by atoms with van der Waals surface area (Å²) in [4.78, 5) is 13.5. The molecule has 0 atom stereocenters. The van der Waals surface area contributed by atoms with E-state index in [0.717, 1.165) is 22.2 Å². The number of nitrogens with one attached hydrogen (secondary N) is 2. The Morgan fingerprint density at radius 2 is 1.93 bits per heavy atom. The number of aromatic nitrogens is 3. The Morgan fingerprint density at radius 3 is 2.70 bits per heavy atom. The largest absolute Gasteiger partial charge is 0.383 e. The minimum atomic E-state index is -0.476. The number of ether oxygens (including phenoxy) is 1. The Balaban J connectivity index is 1.79. The summed E-state index contributed by atoms with van der Waals surface area (Å²) in [5, 5.41) is 7.39. The standard InChI is InChI=1S/C22H19ClFN5O/c1-30-10-9-26-15-5-7-20-17(11-15)22(27-16-4-6-19(24)18(23)12-16)29-21(28-20)14-3-2-8-25-13-14/h2-8,11-13,26H,9-10H2,1H3,(H,27,28,29). The van der Waals surface area contributed by atoms with Gasteiger partial charge in [-0.25, -0.2) is 14.4 Å². The molecule has 0 aliphatic heterocycles. The second kappa shape index (κ2) is 9.02. The van der Waals surface area contributed by atoms with Crippen molar-refractivity contribution in [3.05, 3.63) is 71.8 Å². The fourth-order valence-electron chi connectivity index (χ4n) is 2.97. The van der Waals surface area contributed by atoms with Gasteiger partial charge < -0.3 is 15.4 Å². The predicted molar refractivity (Wildman–Crippen MR) is 118 cm³/mol. The maximum absolute atomic E-state index is 13.6. The van der Waals surface area contributed by atoms with Gasteiger partial charge in [-0.3, -0.25) is 4.98 Å². The van der Waals surface area contributed by atoms with Crippen LogP contribution in [0.5, 0.6) is 0 Å². The van der Waals surface area contributed by atoms with Crippen LogP contribution in [0.2, 0.25) is 5.02 Å². The van der Waals surface area contributed by atoms with Crippen molar-refractivity contribution < 1.29 is 9.13 Å². The van der Waals surface area contributed by atoms with Crippen LogP contribution in [0.3, 0.4) is 0 Å². The zero-order valence-electron chi connectivity index (χ0n) is 16.2. The van der Waals surface area contributed by atoms with E-state index in [0.29, 0.717) is 30.5 Å². The van der Waals surface area contributed by atoms with E-state index in [2.05, 4.69) is 20.6 Å². The Labute approximate surface area is 178 Å². The molecule has 0 radical (unpaired) electrons. The summed E-state index contributed by atoms with van der Waals surface area (Å²) in [7, 11) is 1.66. The van der Waals surface area contributed by atoms with Crippen molar-refractivity contribution >= 4 is 39.7 Å². The van der Waals surface area contributed by atoms with Crippen molar-refractivity contribution in [1.82, 2.24) is 15.0 Å². The van der Waals surface area contributed by atoms with Crippen molar-refractivity contribution in [1.29, 1.82) is 0 Å². The van der Waals surface area contributed by atoms with Gasteiger partial charge in [-0.2, -0.15) is 0 Å². The molecule has 4 aromatic rings. The average molecular weight is 424 g/mol. The number of hydrogen-bond donors (Lipinski definition) is 2. The molecule has 0 aliphatic rings. The van der Waals surface area contributed by atoms with Crippen LogP contribution < -0.4 is 10.6 Å². The average Bonchev–Trinajstić information content (AvgIpc) is 2.77. The first-order valence-corrected chi connectivity index (χ1v) is 9.69. The van der Waals surface area contributed by atoms with Crippen LogP contribution in [0.4, 0.5) is 21.6 Å². The summed E-state index contributed by atoms with van der Waals surface area (Å²) in [5.74, 6) is 0.638. The number of benzene rings is 2. The lowest BCUT2D eigenvalue weighted by molar-refractivity contribution is 0.211. The van der Waals surface area contributed by atoms with Crippen molar-refractivity contribution in [2.75, 3.05) is 30.9 Å². The highest BCUT2D eigenvalue weighted by atomic mass is 35.5. The number of methoxy groups -OCH3 is 1. The van der Waals surface area contributed by atoms with E-state index < -0.39 is 5.82 Å². The molecule has 2 aromatic heterocycles. The minimum absolute atomic E-state index is 0.0350. The molecule has 0 saturated carbocycles. The molecular formula is C22H19ClFN5O. The minimum Gasteiger partial charge on any atom is -0.383 e. The van der Waals surface area contributed by atoms with Gasteiger partial charge >= 0.3 is 0 Å². The van der Waals surface area contributed by atoms with Crippen LogP contribution in [0.15, 0.2) is 60.9 Å². The monoisotopic (exact) mass is 423 g/mol. The molecular weight excluding hydrogens is 405 g/mol. The van der Waals surface area contributed by atoms with E-state index in [9.17, 15) is 4.39 Å². The SMILES string of the molecule is COCCNc1ccc2nc(-c3cccnc3)nc(Nc3ccc(F)c(Cl)c3)c2c1. The van der Waals surface area contributed by atoms with Crippen LogP contribution >= 0.6 is 11.6 Å². The third-order valence-electron chi connectivity index (χ3n) is 4.43. The molecule has 0 aliphatic carbocycles. The Bertz CT molecular complexity index is 1170. The Morgan fingerprint density at radius 1 is 1.07 bits per heavy atom. The van der Waals surface area contributed by atoms with Gasteiger partial charge in [0.2, 0.25) is 0 Å². The highest BCUT2D eigenvalue weighted by Crippen LogP contribution is 2.30. The zero-order valence-corrected chi connectivity index (χ0v) is 16.9. The fraction of sp³-hybridized carbons (Fsp3) is 0.136. The topological polar surface area (TPSA) is 72.0 Å². The van der Waals surface area contributed by atoms with Gasteiger partial charge in [0.25, 0.3) is 0 Å². The molecule has 0 bridgehead atoms. The van der Waals surface area contributed by atoms with Crippen LogP contribution in [0, 0.1) is 5.82 Å². The number of fused-ring (bicyclic) bond motifs is 1. The summed E-state index contributed by atoms with van der Waals surface area (Å²) >= 11 is 5.94. The van der Waals surface area contributed by atoms with Crippen LogP contribution in [0.1, 0.15) is 0 Å². The first-order valence-electron chi connectivity index (χ1n) is 9.31. The third kappa shape index (κ3) is 4.48. The predicted octanol–water partition coefficient (Wildman–Crippen LogP) is 5.29. The first-order chi connectivity index (χ1) is 14.6. The summed E-state index contributed by atoms with van der Waals surface area (Å²) in [5.41, 5.74) is 3.09. The quantitative estimate of drug-likeness (QED) is 0.394. The molecule has 2 heterocycles. The summed E-state index contributed by atoms with van der Waals surface area (Å²) in [6.45, 7) is 1.26. The van der Waals surface area contributed by atoms with Gasteiger partial charge in [-0.1, -0.05) is 11.6 Å². The lowest BCUT2D eigenvalue weighted by atomic mass is 10.1. The van der Waals surface area contributed by atoms with E-state index in [1.54, 1.807) is 25.6 Å². The molecule has 0 amide bonds. The first kappa shape index (κ1) is 20.0. The fourth-order valence-corrected chi connectivity index (χ4v) is 3.15. The van der Waals surface area contributed by atoms with Gasteiger partial charge in [0.1, 0.15) is 11.6 Å². The van der Waals surface area contributed by atoms with Crippen LogP contribution in [0.25, 0.3) is 22.3 Å². The molecule has 4 rings (SSSR count). The number of pyridine rings is 1. The smallest absolute Gasteiger partial charge is 0.163 e. The van der Waals surface area contributed by atoms with Gasteiger partial charge in [0, 0.05) is 48.4 Å². The Hall–Kier alpha value is -3.29. The van der Waals surface area contributed by atoms with Crippen molar-refractivity contribution in [3.63, 3.8) is 0 Å². The van der Waals surface area contributed by atoms with Gasteiger partial charge in [0.05, 0.1) is 17.1 Å². The molecule has 30 heavy (non-hydrogen) atoms. The zero-order chi connectivity index (χ0) is 20.9. The van der Waals surface area contributed by atoms with Crippen LogP contribution in [-0.4, -0.2) is 35.2 Å². The summed E-state index contributed by atoms with van der Waals surface area (Å²) < 4.78 is 18.7. The molecule has 0 unspecified atom stereocenters. The van der Waals surface area contributed by atoms with E-state index in [1.807, 2.05) is 30.3 Å². The second-order valence-corrected chi connectivity index (χ2v) is 6.95. The van der Waals surface area contributed by atoms with Crippen molar-refractivity contribution in [2.45, 2.75) is 0 Å². The summed E-state index contributed by atoms with van der Waals surface area (Å²) in [6, 6.07) is 14.0. The molecule has 2 aromatic carbocycles. The van der Waals surface area contributed by atoms with E-state index in [1.165, 1.54) is 12.1 Å². The maximum Gasteiger partial charge on any atom is 0.163 e. The van der Waals surface area contributed by atoms with Crippen LogP contribution in [-0.2, 0) is 4.74 Å². The maximum atomic E-state index is 13.6. The Kier molecular flexibility index (Phi) is 6.02. The summed E-state index contributed by atoms with van der Waals surface area (Å²) in [6.07, 6.45) is 3.41. The van der Waals surface area contributed by atoms with E-state index in [-0.39, 0.29) is 5.02 Å². The third-order valence-corrected chi connectivity index (χ3v) is 4.72. The number of rotatable bonds is 7. The molecule has 0 spiro atoms. The molecule has 8 heteroatoms. The van der Waals surface area contributed by atoms with Gasteiger partial charge in [-0.05, 0) is 48.5 Å². The van der Waals surface area contributed by atoms with Crippen molar-refractivity contribution in [3.8, 4) is 11.4 Å². The van der Waals surface area contributed by atoms with Crippen molar-refractivity contribution in [2.24, 2.45) is 0 Å². The van der Waals surface area contributed by atoms with E-state index in [4.69, 9.17) is 21.3 Å². The lowest BCUT2D eigenvalue weighted by Crippen LogP contribution is -2.07. The normalized spacial score (nSPS) is 10.9. The lowest BCUT2D eigenvalue weighted by Gasteiger charge is -2.13. The number of nitrogens with zero attached hydrogens (tertiary/aromatic N) is 3. The molecule has 0 fully saturated rings. The van der Waals surface area contributed by atoms with E-state index >= 15 is 0 Å². The number of halogens is 2. The van der Waals surface area contributed by atoms with Gasteiger partial charge in [-0.15, -0.1) is 0 Å². The molecule has 152 valence electrons. The second-order valence-electron chi connectivity index (χ2n) is 6.54. The highest BCUT2D eigenvalue weighted by molar-refractivity contribution is 6.31. The number of hydrogen-bond acceptors (Lipinski definition) is 6. The molecule has 0 saturated heterocycles.